The van der Waals surface area contributed by atoms with Crippen molar-refractivity contribution in [3.05, 3.63) is 0 Å². The minimum atomic E-state index is -1.45. The van der Waals surface area contributed by atoms with Crippen molar-refractivity contribution in [2.24, 2.45) is 5.41 Å². The second-order valence-electron chi connectivity index (χ2n) is 4.21. The van der Waals surface area contributed by atoms with Gasteiger partial charge in [0.25, 0.3) is 0 Å². The highest BCUT2D eigenvalue weighted by Gasteiger charge is 2.30. The normalized spacial score (nSPS) is 12.7. The summed E-state index contributed by atoms with van der Waals surface area (Å²) in [6.45, 7) is 2.51. The highest BCUT2D eigenvalue weighted by atomic mass is 16.5. The number of ether oxygens (including phenoxy) is 1. The van der Waals surface area contributed by atoms with Crippen molar-refractivity contribution in [1.29, 1.82) is 0 Å². The second kappa shape index (κ2) is 6.19. The Morgan fingerprint density at radius 1 is 1.35 bits per heavy atom. The summed E-state index contributed by atoms with van der Waals surface area (Å²) in [5.41, 5.74) is -1.19. The first-order valence-electron chi connectivity index (χ1n) is 4.96. The van der Waals surface area contributed by atoms with E-state index in [2.05, 4.69) is 10.1 Å². The third-order valence-corrected chi connectivity index (χ3v) is 2.15. The zero-order valence-corrected chi connectivity index (χ0v) is 10.0. The fourth-order valence-corrected chi connectivity index (χ4v) is 0.969. The summed E-state index contributed by atoms with van der Waals surface area (Å²) in [6, 6.07) is 0. The zero-order valence-electron chi connectivity index (χ0n) is 10.0. The van der Waals surface area contributed by atoms with Gasteiger partial charge in [-0.2, -0.15) is 0 Å². The van der Waals surface area contributed by atoms with E-state index < -0.39 is 29.4 Å². The number of methoxy groups -OCH3 is 1. The smallest absolute Gasteiger partial charge is 0.336 e. The monoisotopic (exact) mass is 247 g/mol. The van der Waals surface area contributed by atoms with Gasteiger partial charge in [-0.3, -0.25) is 9.59 Å². The zero-order chi connectivity index (χ0) is 13.6. The fourth-order valence-electron chi connectivity index (χ4n) is 0.969. The third kappa shape index (κ3) is 5.30. The molecule has 1 amide bonds. The molecule has 0 aromatic rings. The summed E-state index contributed by atoms with van der Waals surface area (Å²) in [5, 5.41) is 20.2. The molecule has 0 bridgehead atoms. The lowest BCUT2D eigenvalue weighted by Gasteiger charge is -2.18. The maximum atomic E-state index is 11.3. The van der Waals surface area contributed by atoms with E-state index in [0.717, 1.165) is 7.11 Å². The largest absolute Gasteiger partial charge is 0.481 e. The summed E-state index contributed by atoms with van der Waals surface area (Å²) >= 11 is 0. The van der Waals surface area contributed by atoms with Crippen LogP contribution in [0.5, 0.6) is 0 Å². The molecular formula is C10H17NO6. The van der Waals surface area contributed by atoms with E-state index in [-0.39, 0.29) is 13.0 Å². The predicted octanol–water partition coefficient (Wildman–Crippen LogP) is -0.863. The van der Waals surface area contributed by atoms with Crippen LogP contribution < -0.4 is 5.32 Å². The average Bonchev–Trinajstić information content (AvgIpc) is 2.23. The van der Waals surface area contributed by atoms with Crippen molar-refractivity contribution in [1.82, 2.24) is 5.32 Å². The van der Waals surface area contributed by atoms with Crippen LogP contribution in [0.15, 0.2) is 0 Å². The van der Waals surface area contributed by atoms with E-state index in [1.54, 1.807) is 0 Å². The standard InChI is InChI=1S/C10H17NO6/c1-10(2,9(15)16)4-7(13)11-5-6(12)8(14)17-3/h6,12H,4-5H2,1-3H3,(H,11,13)(H,15,16). The van der Waals surface area contributed by atoms with E-state index in [1.807, 2.05) is 0 Å². The van der Waals surface area contributed by atoms with Gasteiger partial charge in [0.2, 0.25) is 5.91 Å². The first-order valence-corrected chi connectivity index (χ1v) is 4.96. The van der Waals surface area contributed by atoms with Crippen LogP contribution in [0, 0.1) is 5.41 Å². The van der Waals surface area contributed by atoms with Crippen LogP contribution in [0.1, 0.15) is 20.3 Å². The lowest BCUT2D eigenvalue weighted by molar-refractivity contribution is -0.151. The number of carboxylic acid groups (broad SMARTS) is 1. The van der Waals surface area contributed by atoms with Crippen LogP contribution in [0.2, 0.25) is 0 Å². The minimum absolute atomic E-state index is 0.240. The summed E-state index contributed by atoms with van der Waals surface area (Å²) in [5.74, 6) is -2.51. The number of nitrogens with one attached hydrogen (secondary N) is 1. The van der Waals surface area contributed by atoms with Crippen LogP contribution in [-0.4, -0.2) is 47.8 Å². The van der Waals surface area contributed by atoms with Gasteiger partial charge in [-0.05, 0) is 13.8 Å². The van der Waals surface area contributed by atoms with Gasteiger partial charge in [0, 0.05) is 6.42 Å². The summed E-state index contributed by atoms with van der Waals surface area (Å²) in [4.78, 5) is 32.9. The number of rotatable bonds is 6. The maximum absolute atomic E-state index is 11.3. The molecule has 0 aromatic carbocycles. The molecule has 3 N–H and O–H groups in total. The molecule has 0 aliphatic heterocycles. The maximum Gasteiger partial charge on any atom is 0.336 e. The molecule has 1 atom stereocenters. The van der Waals surface area contributed by atoms with Crippen molar-refractivity contribution in [2.45, 2.75) is 26.4 Å². The number of carboxylic acids is 1. The van der Waals surface area contributed by atoms with Crippen molar-refractivity contribution in [3.63, 3.8) is 0 Å². The van der Waals surface area contributed by atoms with Crippen molar-refractivity contribution in [2.75, 3.05) is 13.7 Å². The summed E-state index contributed by atoms with van der Waals surface area (Å²) in [6.07, 6.45) is -1.69. The highest BCUT2D eigenvalue weighted by molar-refractivity contribution is 5.84. The Kier molecular flexibility index (Phi) is 5.60. The number of aliphatic hydroxyl groups is 1. The molecule has 0 heterocycles. The van der Waals surface area contributed by atoms with Gasteiger partial charge in [0.15, 0.2) is 6.10 Å². The molecule has 0 fully saturated rings. The average molecular weight is 247 g/mol. The number of amides is 1. The molecule has 0 aliphatic rings. The molecule has 7 heteroatoms. The number of aliphatic hydroxyl groups excluding tert-OH is 1. The van der Waals surface area contributed by atoms with Crippen LogP contribution in [0.4, 0.5) is 0 Å². The van der Waals surface area contributed by atoms with Gasteiger partial charge >= 0.3 is 11.9 Å². The number of carbonyl (C=O) groups excluding carboxylic acids is 2. The number of hydrogen-bond acceptors (Lipinski definition) is 5. The molecular weight excluding hydrogens is 230 g/mol. The van der Waals surface area contributed by atoms with E-state index in [1.165, 1.54) is 13.8 Å². The molecule has 0 aromatic heterocycles. The molecule has 0 saturated heterocycles. The van der Waals surface area contributed by atoms with E-state index in [9.17, 15) is 14.4 Å². The topological polar surface area (TPSA) is 113 Å². The van der Waals surface area contributed by atoms with Gasteiger partial charge in [0.05, 0.1) is 19.1 Å². The first kappa shape index (κ1) is 15.4. The lowest BCUT2D eigenvalue weighted by Crippen LogP contribution is -2.39. The number of hydrogen-bond donors (Lipinski definition) is 3. The minimum Gasteiger partial charge on any atom is -0.481 e. The second-order valence-corrected chi connectivity index (χ2v) is 4.21. The molecule has 17 heavy (non-hydrogen) atoms. The molecule has 0 radical (unpaired) electrons. The van der Waals surface area contributed by atoms with E-state index in [0.29, 0.717) is 0 Å². The van der Waals surface area contributed by atoms with Crippen LogP contribution in [0.3, 0.4) is 0 Å². The van der Waals surface area contributed by atoms with Crippen LogP contribution >= 0.6 is 0 Å². The van der Waals surface area contributed by atoms with Crippen LogP contribution in [-0.2, 0) is 19.1 Å². The van der Waals surface area contributed by atoms with E-state index in [4.69, 9.17) is 10.2 Å². The summed E-state index contributed by atoms with van der Waals surface area (Å²) < 4.78 is 4.25. The Labute approximate surface area is 98.8 Å². The quantitative estimate of drug-likeness (QED) is 0.526. The summed E-state index contributed by atoms with van der Waals surface area (Å²) in [7, 11) is 1.11. The third-order valence-electron chi connectivity index (χ3n) is 2.15. The molecule has 0 rings (SSSR count). The van der Waals surface area contributed by atoms with Gasteiger partial charge < -0.3 is 20.3 Å². The van der Waals surface area contributed by atoms with E-state index >= 15 is 0 Å². The molecule has 0 aliphatic carbocycles. The molecule has 7 nitrogen and oxygen atoms in total. The number of esters is 1. The SMILES string of the molecule is COC(=O)C(O)CNC(=O)CC(C)(C)C(=O)O. The molecule has 0 saturated carbocycles. The Balaban J connectivity index is 4.13. The Hall–Kier alpha value is -1.63. The van der Waals surface area contributed by atoms with Crippen molar-refractivity contribution in [3.8, 4) is 0 Å². The highest BCUT2D eigenvalue weighted by Crippen LogP contribution is 2.19. The fraction of sp³-hybridized carbons (Fsp3) is 0.700. The van der Waals surface area contributed by atoms with Gasteiger partial charge in [-0.1, -0.05) is 0 Å². The molecule has 98 valence electrons. The Bertz CT molecular complexity index is 312. The number of carbonyl (C=O) groups is 3. The Morgan fingerprint density at radius 3 is 2.29 bits per heavy atom. The van der Waals surface area contributed by atoms with Crippen LogP contribution in [0.25, 0.3) is 0 Å². The number of aliphatic carboxylic acids is 1. The Morgan fingerprint density at radius 2 is 1.88 bits per heavy atom. The molecule has 0 spiro atoms. The predicted molar refractivity (Wildman–Crippen MR) is 57.1 cm³/mol. The van der Waals surface area contributed by atoms with Crippen molar-refractivity contribution >= 4 is 17.8 Å². The van der Waals surface area contributed by atoms with Gasteiger partial charge in [0.1, 0.15) is 0 Å². The van der Waals surface area contributed by atoms with Gasteiger partial charge in [-0.15, -0.1) is 0 Å². The van der Waals surface area contributed by atoms with Crippen molar-refractivity contribution < 1.29 is 29.3 Å². The first-order chi connectivity index (χ1) is 7.70. The van der Waals surface area contributed by atoms with Gasteiger partial charge in [-0.25, -0.2) is 4.79 Å². The lowest BCUT2D eigenvalue weighted by atomic mass is 9.89. The molecule has 1 unspecified atom stereocenters.